The van der Waals surface area contributed by atoms with Crippen LogP contribution in [0, 0.1) is 6.92 Å². The second-order valence-electron chi connectivity index (χ2n) is 7.32. The fourth-order valence-electron chi connectivity index (χ4n) is 3.42. The number of aryl methyl sites for hydroxylation is 2. The lowest BCUT2D eigenvalue weighted by atomic mass is 9.90. The average molecular weight is 402 g/mol. The van der Waals surface area contributed by atoms with Gasteiger partial charge in [-0.05, 0) is 67.5 Å². The molecule has 3 rings (SSSR count). The van der Waals surface area contributed by atoms with Crippen molar-refractivity contribution in [2.45, 2.75) is 37.5 Å². The van der Waals surface area contributed by atoms with E-state index in [1.807, 2.05) is 19.1 Å². The summed E-state index contributed by atoms with van der Waals surface area (Å²) >= 11 is 0. The lowest BCUT2D eigenvalue weighted by Crippen LogP contribution is -2.24. The Morgan fingerprint density at radius 3 is 2.57 bits per heavy atom. The Hall–Kier alpha value is -2.38. The van der Waals surface area contributed by atoms with Gasteiger partial charge in [-0.15, -0.1) is 0 Å². The fourth-order valence-corrected chi connectivity index (χ4v) is 4.35. The summed E-state index contributed by atoms with van der Waals surface area (Å²) in [5.41, 5.74) is 4.98. The summed E-state index contributed by atoms with van der Waals surface area (Å²) in [6.07, 6.45) is 4.50. The molecule has 0 bridgehead atoms. The number of fused-ring (bicyclic) bond motifs is 1. The number of amides is 1. The molecule has 0 radical (unpaired) electrons. The molecule has 0 spiro atoms. The van der Waals surface area contributed by atoms with Gasteiger partial charge in [-0.3, -0.25) is 4.79 Å². The van der Waals surface area contributed by atoms with Gasteiger partial charge >= 0.3 is 0 Å². The fraction of sp³-hybridized carbons (Fsp3) is 0.381. The van der Waals surface area contributed by atoms with Gasteiger partial charge in [-0.1, -0.05) is 18.2 Å². The standard InChI is InChI=1S/C21H27N3O3S/c1-15-11-12-17(28(26,27)24(2)3)13-20(15)23-21(25)14-22-19-10-6-8-16-7-4-5-9-18(16)19/h6,8,10-13,22H,4-5,7,9,14H2,1-3H3,(H,23,25). The second-order valence-corrected chi connectivity index (χ2v) is 9.47. The normalized spacial score (nSPS) is 13.9. The molecule has 2 aromatic carbocycles. The van der Waals surface area contributed by atoms with Crippen LogP contribution in [0.25, 0.3) is 0 Å². The zero-order chi connectivity index (χ0) is 20.3. The van der Waals surface area contributed by atoms with Crippen molar-refractivity contribution in [2.24, 2.45) is 0 Å². The summed E-state index contributed by atoms with van der Waals surface area (Å²) < 4.78 is 25.8. The second kappa shape index (κ2) is 8.32. The number of hydrogen-bond donors (Lipinski definition) is 2. The van der Waals surface area contributed by atoms with Crippen LogP contribution in [0.15, 0.2) is 41.3 Å². The van der Waals surface area contributed by atoms with E-state index in [0.717, 1.165) is 28.4 Å². The Labute approximate surface area is 167 Å². The number of benzene rings is 2. The maximum atomic E-state index is 12.5. The summed E-state index contributed by atoms with van der Waals surface area (Å²) in [4.78, 5) is 12.6. The molecule has 1 aliphatic rings. The third-order valence-electron chi connectivity index (χ3n) is 5.10. The van der Waals surface area contributed by atoms with E-state index < -0.39 is 10.0 Å². The van der Waals surface area contributed by atoms with Crippen LogP contribution in [-0.2, 0) is 27.7 Å². The highest BCUT2D eigenvalue weighted by atomic mass is 32.2. The summed E-state index contributed by atoms with van der Waals surface area (Å²) in [5, 5.41) is 6.06. The Kier molecular flexibility index (Phi) is 6.05. The Bertz CT molecular complexity index is 984. The number of nitrogens with zero attached hydrogens (tertiary/aromatic N) is 1. The third-order valence-corrected chi connectivity index (χ3v) is 6.91. The molecule has 1 aliphatic carbocycles. The molecule has 0 unspecified atom stereocenters. The zero-order valence-electron chi connectivity index (χ0n) is 16.6. The van der Waals surface area contributed by atoms with E-state index >= 15 is 0 Å². The number of sulfonamides is 1. The molecule has 0 atom stereocenters. The van der Waals surface area contributed by atoms with E-state index in [1.165, 1.54) is 44.1 Å². The van der Waals surface area contributed by atoms with Gasteiger partial charge in [0.2, 0.25) is 15.9 Å². The molecule has 0 saturated carbocycles. The van der Waals surface area contributed by atoms with Gasteiger partial charge < -0.3 is 10.6 Å². The molecule has 0 aliphatic heterocycles. The van der Waals surface area contributed by atoms with Gasteiger partial charge in [0, 0.05) is 25.5 Å². The lowest BCUT2D eigenvalue weighted by molar-refractivity contribution is -0.114. The SMILES string of the molecule is Cc1ccc(S(=O)(=O)N(C)C)cc1NC(=O)CNc1cccc2c1CCCC2. The first-order valence-electron chi connectivity index (χ1n) is 9.46. The third kappa shape index (κ3) is 4.36. The van der Waals surface area contributed by atoms with Crippen molar-refractivity contribution >= 4 is 27.3 Å². The van der Waals surface area contributed by atoms with E-state index in [9.17, 15) is 13.2 Å². The first-order chi connectivity index (χ1) is 13.3. The van der Waals surface area contributed by atoms with Crippen molar-refractivity contribution in [3.8, 4) is 0 Å². The number of carbonyl (C=O) groups is 1. The maximum absolute atomic E-state index is 12.5. The molecule has 7 heteroatoms. The van der Waals surface area contributed by atoms with Crippen LogP contribution in [0.2, 0.25) is 0 Å². The minimum absolute atomic E-state index is 0.126. The van der Waals surface area contributed by atoms with Crippen molar-refractivity contribution in [3.63, 3.8) is 0 Å². The lowest BCUT2D eigenvalue weighted by Gasteiger charge is -2.20. The largest absolute Gasteiger partial charge is 0.376 e. The van der Waals surface area contributed by atoms with Gasteiger partial charge in [-0.25, -0.2) is 12.7 Å². The van der Waals surface area contributed by atoms with Crippen LogP contribution in [0.3, 0.4) is 0 Å². The predicted molar refractivity (Wildman–Crippen MR) is 112 cm³/mol. The molecular formula is C21H27N3O3S. The van der Waals surface area contributed by atoms with Crippen LogP contribution in [-0.4, -0.2) is 39.3 Å². The summed E-state index contributed by atoms with van der Waals surface area (Å²) in [7, 11) is -0.583. The zero-order valence-corrected chi connectivity index (χ0v) is 17.4. The Balaban J connectivity index is 1.71. The quantitative estimate of drug-likeness (QED) is 0.779. The van der Waals surface area contributed by atoms with Gasteiger partial charge in [0.25, 0.3) is 0 Å². The minimum atomic E-state index is -3.55. The van der Waals surface area contributed by atoms with E-state index in [-0.39, 0.29) is 17.3 Å². The van der Waals surface area contributed by atoms with Crippen molar-refractivity contribution in [1.29, 1.82) is 0 Å². The topological polar surface area (TPSA) is 78.5 Å². The monoisotopic (exact) mass is 401 g/mol. The van der Waals surface area contributed by atoms with Gasteiger partial charge in [-0.2, -0.15) is 0 Å². The summed E-state index contributed by atoms with van der Waals surface area (Å²) in [6.45, 7) is 1.96. The van der Waals surface area contributed by atoms with Crippen molar-refractivity contribution in [2.75, 3.05) is 31.3 Å². The van der Waals surface area contributed by atoms with Crippen LogP contribution >= 0.6 is 0 Å². The van der Waals surface area contributed by atoms with E-state index in [2.05, 4.69) is 16.7 Å². The Morgan fingerprint density at radius 2 is 1.82 bits per heavy atom. The maximum Gasteiger partial charge on any atom is 0.243 e. The van der Waals surface area contributed by atoms with Crippen molar-refractivity contribution in [1.82, 2.24) is 4.31 Å². The first-order valence-corrected chi connectivity index (χ1v) is 10.9. The molecule has 2 aromatic rings. The van der Waals surface area contributed by atoms with Crippen LogP contribution < -0.4 is 10.6 Å². The molecule has 2 N–H and O–H groups in total. The van der Waals surface area contributed by atoms with Crippen molar-refractivity contribution < 1.29 is 13.2 Å². The highest BCUT2D eigenvalue weighted by Gasteiger charge is 2.19. The molecule has 0 saturated heterocycles. The summed E-state index contributed by atoms with van der Waals surface area (Å²) in [5.74, 6) is -0.212. The molecule has 1 amide bonds. The van der Waals surface area contributed by atoms with Crippen LogP contribution in [0.4, 0.5) is 11.4 Å². The number of anilines is 2. The predicted octanol–water partition coefficient (Wildman–Crippen LogP) is 3.17. The highest BCUT2D eigenvalue weighted by molar-refractivity contribution is 7.89. The molecule has 0 aromatic heterocycles. The number of rotatable bonds is 6. The van der Waals surface area contributed by atoms with Gasteiger partial charge in [0.1, 0.15) is 0 Å². The Morgan fingerprint density at radius 1 is 1.07 bits per heavy atom. The van der Waals surface area contributed by atoms with Crippen molar-refractivity contribution in [3.05, 3.63) is 53.1 Å². The smallest absolute Gasteiger partial charge is 0.243 e. The molecule has 0 heterocycles. The van der Waals surface area contributed by atoms with Crippen LogP contribution in [0.5, 0.6) is 0 Å². The minimum Gasteiger partial charge on any atom is -0.376 e. The van der Waals surface area contributed by atoms with E-state index in [4.69, 9.17) is 0 Å². The molecule has 28 heavy (non-hydrogen) atoms. The van der Waals surface area contributed by atoms with E-state index in [0.29, 0.717) is 5.69 Å². The van der Waals surface area contributed by atoms with Gasteiger partial charge in [0.15, 0.2) is 0 Å². The van der Waals surface area contributed by atoms with Crippen LogP contribution in [0.1, 0.15) is 29.5 Å². The highest BCUT2D eigenvalue weighted by Crippen LogP contribution is 2.28. The average Bonchev–Trinajstić information content (AvgIpc) is 2.67. The number of hydrogen-bond acceptors (Lipinski definition) is 4. The van der Waals surface area contributed by atoms with E-state index in [1.54, 1.807) is 12.1 Å². The molecule has 0 fully saturated rings. The van der Waals surface area contributed by atoms with Gasteiger partial charge in [0.05, 0.1) is 11.4 Å². The first kappa shape index (κ1) is 20.4. The molecule has 150 valence electrons. The summed E-state index contributed by atoms with van der Waals surface area (Å²) in [6, 6.07) is 10.9. The molecular weight excluding hydrogens is 374 g/mol. The number of carbonyl (C=O) groups excluding carboxylic acids is 1. The number of nitrogens with one attached hydrogen (secondary N) is 2. The molecule has 6 nitrogen and oxygen atoms in total.